The average Bonchev–Trinajstić information content (AvgIpc) is 3.08. The molecule has 0 N–H and O–H groups in total. The Balaban J connectivity index is 1.49. The first-order valence-electron chi connectivity index (χ1n) is 10.6. The van der Waals surface area contributed by atoms with Gasteiger partial charge in [-0.3, -0.25) is 4.79 Å². The van der Waals surface area contributed by atoms with E-state index in [1.165, 1.54) is 24.3 Å². The Hall–Kier alpha value is -2.94. The van der Waals surface area contributed by atoms with Gasteiger partial charge in [-0.15, -0.1) is 13.2 Å². The molecule has 0 radical (unpaired) electrons. The molecule has 4 rings (SSSR count). The molecule has 2 heterocycles. The smallest absolute Gasteiger partial charge is 0.496 e. The zero-order valence-corrected chi connectivity index (χ0v) is 18.1. The van der Waals surface area contributed by atoms with Crippen molar-refractivity contribution in [2.24, 2.45) is 0 Å². The van der Waals surface area contributed by atoms with Crippen LogP contribution in [0, 0.1) is 0 Å². The van der Waals surface area contributed by atoms with Crippen LogP contribution in [-0.4, -0.2) is 61.9 Å². The maximum Gasteiger partial charge on any atom is 0.573 e. The predicted molar refractivity (Wildman–Crippen MR) is 114 cm³/mol. The molecule has 0 atom stereocenters. The Kier molecular flexibility index (Phi) is 6.19. The first kappa shape index (κ1) is 22.3. The standard InChI is InChI=1S/C23H26F3N3O3/c1-3-27-8-10-28(11-9-27)18-12-17-15-29(22(30)21(17)20(13-18)31-2)14-16-4-6-19(7-5-16)32-23(24,25)26/h4-7,12-13H,3,8-11,14-15H2,1-2H3. The molecule has 0 aromatic heterocycles. The number of methoxy groups -OCH3 is 1. The van der Waals surface area contributed by atoms with Gasteiger partial charge in [0.2, 0.25) is 0 Å². The van der Waals surface area contributed by atoms with Crippen LogP contribution >= 0.6 is 0 Å². The number of hydrogen-bond donors (Lipinski definition) is 0. The minimum Gasteiger partial charge on any atom is -0.496 e. The summed E-state index contributed by atoms with van der Waals surface area (Å²) in [6.07, 6.45) is -4.73. The third-order valence-electron chi connectivity index (χ3n) is 5.97. The van der Waals surface area contributed by atoms with Gasteiger partial charge < -0.3 is 24.2 Å². The van der Waals surface area contributed by atoms with Crippen LogP contribution in [-0.2, 0) is 13.1 Å². The molecule has 0 saturated carbocycles. The summed E-state index contributed by atoms with van der Waals surface area (Å²) in [7, 11) is 1.56. The van der Waals surface area contributed by atoms with E-state index in [0.717, 1.165) is 49.5 Å². The monoisotopic (exact) mass is 449 g/mol. The molecule has 9 heteroatoms. The number of nitrogens with zero attached hydrogens (tertiary/aromatic N) is 3. The van der Waals surface area contributed by atoms with Gasteiger partial charge >= 0.3 is 6.36 Å². The van der Waals surface area contributed by atoms with Crippen molar-refractivity contribution in [2.75, 3.05) is 44.7 Å². The normalized spacial score (nSPS) is 17.0. The number of benzene rings is 2. The highest BCUT2D eigenvalue weighted by atomic mass is 19.4. The fraction of sp³-hybridized carbons (Fsp3) is 0.435. The lowest BCUT2D eigenvalue weighted by Crippen LogP contribution is -2.46. The second-order valence-corrected chi connectivity index (χ2v) is 7.96. The fourth-order valence-corrected chi connectivity index (χ4v) is 4.27. The summed E-state index contributed by atoms with van der Waals surface area (Å²) in [5, 5.41) is 0. The summed E-state index contributed by atoms with van der Waals surface area (Å²) in [4.78, 5) is 19.4. The maximum atomic E-state index is 13.1. The highest BCUT2D eigenvalue weighted by molar-refractivity contribution is 6.01. The Labute approximate surface area is 185 Å². The second-order valence-electron chi connectivity index (χ2n) is 7.96. The number of carbonyl (C=O) groups is 1. The highest BCUT2D eigenvalue weighted by Crippen LogP contribution is 2.36. The van der Waals surface area contributed by atoms with Gasteiger partial charge in [0.15, 0.2) is 0 Å². The third kappa shape index (κ3) is 4.77. The number of hydrogen-bond acceptors (Lipinski definition) is 5. The number of amides is 1. The largest absolute Gasteiger partial charge is 0.573 e. The number of anilines is 1. The summed E-state index contributed by atoms with van der Waals surface area (Å²) in [6, 6.07) is 9.56. The van der Waals surface area contributed by atoms with Crippen molar-refractivity contribution in [3.8, 4) is 11.5 Å². The maximum absolute atomic E-state index is 13.1. The summed E-state index contributed by atoms with van der Waals surface area (Å²) >= 11 is 0. The molecule has 172 valence electrons. The number of carbonyl (C=O) groups excluding carboxylic acids is 1. The molecule has 2 aromatic carbocycles. The Morgan fingerprint density at radius 2 is 1.72 bits per heavy atom. The van der Waals surface area contributed by atoms with E-state index < -0.39 is 6.36 Å². The van der Waals surface area contributed by atoms with Crippen molar-refractivity contribution in [2.45, 2.75) is 26.4 Å². The molecule has 32 heavy (non-hydrogen) atoms. The number of alkyl halides is 3. The summed E-state index contributed by atoms with van der Waals surface area (Å²) in [6.45, 7) is 7.73. The quantitative estimate of drug-likeness (QED) is 0.670. The molecule has 6 nitrogen and oxygen atoms in total. The van der Waals surface area contributed by atoms with E-state index in [2.05, 4.69) is 27.5 Å². The Bertz CT molecular complexity index is 971. The molecule has 0 bridgehead atoms. The van der Waals surface area contributed by atoms with Gasteiger partial charge in [0.1, 0.15) is 11.5 Å². The van der Waals surface area contributed by atoms with Crippen LogP contribution < -0.4 is 14.4 Å². The average molecular weight is 449 g/mol. The van der Waals surface area contributed by atoms with Gasteiger partial charge in [-0.05, 0) is 35.9 Å². The lowest BCUT2D eigenvalue weighted by molar-refractivity contribution is -0.274. The van der Waals surface area contributed by atoms with Crippen molar-refractivity contribution in [3.63, 3.8) is 0 Å². The Morgan fingerprint density at radius 1 is 1.03 bits per heavy atom. The van der Waals surface area contributed by atoms with Crippen LogP contribution in [0.15, 0.2) is 36.4 Å². The minimum atomic E-state index is -4.73. The molecule has 0 unspecified atom stereocenters. The molecule has 0 spiro atoms. The van der Waals surface area contributed by atoms with Gasteiger partial charge in [0, 0.05) is 51.0 Å². The van der Waals surface area contributed by atoms with E-state index in [0.29, 0.717) is 17.9 Å². The Morgan fingerprint density at radius 3 is 2.31 bits per heavy atom. The van der Waals surface area contributed by atoms with Crippen LogP contribution in [0.2, 0.25) is 0 Å². The van der Waals surface area contributed by atoms with Gasteiger partial charge in [-0.1, -0.05) is 19.1 Å². The molecule has 2 aliphatic heterocycles. The molecular weight excluding hydrogens is 423 g/mol. The van der Waals surface area contributed by atoms with Crippen molar-refractivity contribution in [1.82, 2.24) is 9.80 Å². The minimum absolute atomic E-state index is 0.144. The van der Waals surface area contributed by atoms with Gasteiger partial charge in [-0.25, -0.2) is 0 Å². The summed E-state index contributed by atoms with van der Waals surface area (Å²) in [5.74, 6) is 0.124. The summed E-state index contributed by atoms with van der Waals surface area (Å²) in [5.41, 5.74) is 3.22. The zero-order valence-electron chi connectivity index (χ0n) is 18.1. The van der Waals surface area contributed by atoms with E-state index >= 15 is 0 Å². The molecule has 2 aliphatic rings. The van der Waals surface area contributed by atoms with Gasteiger partial charge in [-0.2, -0.15) is 0 Å². The first-order valence-corrected chi connectivity index (χ1v) is 10.6. The second kappa shape index (κ2) is 8.90. The SMILES string of the molecule is CCN1CCN(c2cc3c(c(OC)c2)C(=O)N(Cc2ccc(OC(F)(F)F)cc2)C3)CC1. The number of fused-ring (bicyclic) bond motifs is 1. The number of rotatable bonds is 6. The van der Waals surface area contributed by atoms with Crippen LogP contribution in [0.3, 0.4) is 0 Å². The lowest BCUT2D eigenvalue weighted by Gasteiger charge is -2.35. The van der Waals surface area contributed by atoms with Gasteiger partial charge in [0.25, 0.3) is 5.91 Å². The van der Waals surface area contributed by atoms with E-state index in [1.54, 1.807) is 12.0 Å². The van der Waals surface area contributed by atoms with E-state index in [4.69, 9.17) is 4.74 Å². The number of likely N-dealkylation sites (N-methyl/N-ethyl adjacent to an activating group) is 1. The molecule has 1 fully saturated rings. The van der Waals surface area contributed by atoms with Crippen molar-refractivity contribution < 1.29 is 27.4 Å². The number of piperazine rings is 1. The predicted octanol–water partition coefficient (Wildman–Crippen LogP) is 3.89. The van der Waals surface area contributed by atoms with Gasteiger partial charge in [0.05, 0.1) is 12.7 Å². The first-order chi connectivity index (χ1) is 15.3. The van der Waals surface area contributed by atoms with Crippen molar-refractivity contribution >= 4 is 11.6 Å². The van der Waals surface area contributed by atoms with E-state index in [9.17, 15) is 18.0 Å². The van der Waals surface area contributed by atoms with Crippen LogP contribution in [0.5, 0.6) is 11.5 Å². The van der Waals surface area contributed by atoms with Crippen molar-refractivity contribution in [1.29, 1.82) is 0 Å². The fourth-order valence-electron chi connectivity index (χ4n) is 4.27. The third-order valence-corrected chi connectivity index (χ3v) is 5.97. The summed E-state index contributed by atoms with van der Waals surface area (Å²) < 4.78 is 46.5. The molecule has 1 amide bonds. The molecular formula is C23H26F3N3O3. The highest BCUT2D eigenvalue weighted by Gasteiger charge is 2.33. The molecule has 2 aromatic rings. The zero-order chi connectivity index (χ0) is 22.9. The van der Waals surface area contributed by atoms with E-state index in [-0.39, 0.29) is 18.2 Å². The molecule has 1 saturated heterocycles. The molecule has 0 aliphatic carbocycles. The lowest BCUT2D eigenvalue weighted by atomic mass is 10.1. The van der Waals surface area contributed by atoms with Crippen LogP contribution in [0.25, 0.3) is 0 Å². The van der Waals surface area contributed by atoms with Crippen molar-refractivity contribution in [3.05, 3.63) is 53.1 Å². The van der Waals surface area contributed by atoms with E-state index in [1.807, 2.05) is 6.07 Å². The topological polar surface area (TPSA) is 45.2 Å². The number of halogens is 3. The van der Waals surface area contributed by atoms with Crippen LogP contribution in [0.1, 0.15) is 28.4 Å². The van der Waals surface area contributed by atoms with Crippen LogP contribution in [0.4, 0.5) is 18.9 Å². The number of ether oxygens (including phenoxy) is 2.